The largest absolute Gasteiger partial charge is 0.480 e. The van der Waals surface area contributed by atoms with Crippen molar-refractivity contribution < 1.29 is 14.7 Å². The van der Waals surface area contributed by atoms with E-state index in [1.165, 1.54) is 0 Å². The molecular formula is C15H18N2O3S. The third-order valence-electron chi connectivity index (χ3n) is 3.98. The fraction of sp³-hybridized carbons (Fsp3) is 0.533. The second-order valence-electron chi connectivity index (χ2n) is 5.58. The van der Waals surface area contributed by atoms with Crippen molar-refractivity contribution in [3.05, 3.63) is 30.1 Å². The molecule has 2 fully saturated rings. The fourth-order valence-electron chi connectivity index (χ4n) is 2.70. The zero-order valence-electron chi connectivity index (χ0n) is 11.6. The number of carboxylic acid groups (broad SMARTS) is 1. The molecule has 0 aromatic carbocycles. The van der Waals surface area contributed by atoms with E-state index >= 15 is 0 Å². The van der Waals surface area contributed by atoms with Crippen LogP contribution in [0, 0.1) is 5.92 Å². The summed E-state index contributed by atoms with van der Waals surface area (Å²) in [6, 6.07) is 3.12. The molecule has 2 heterocycles. The highest BCUT2D eigenvalue weighted by Gasteiger charge is 2.47. The predicted molar refractivity (Wildman–Crippen MR) is 79.8 cm³/mol. The highest BCUT2D eigenvalue weighted by molar-refractivity contribution is 8.00. The van der Waals surface area contributed by atoms with Crippen LogP contribution in [0.5, 0.6) is 0 Å². The summed E-state index contributed by atoms with van der Waals surface area (Å²) >= 11 is 1.62. The normalized spacial score (nSPS) is 25.0. The zero-order chi connectivity index (χ0) is 14.8. The van der Waals surface area contributed by atoms with Gasteiger partial charge in [-0.2, -0.15) is 0 Å². The van der Waals surface area contributed by atoms with Gasteiger partial charge in [-0.25, -0.2) is 4.79 Å². The molecule has 5 nitrogen and oxygen atoms in total. The minimum Gasteiger partial charge on any atom is -0.480 e. The summed E-state index contributed by atoms with van der Waals surface area (Å²) in [5, 5.41) is 9.38. The molecule has 1 aliphatic carbocycles. The van der Waals surface area contributed by atoms with Crippen molar-refractivity contribution in [2.75, 3.05) is 5.75 Å². The van der Waals surface area contributed by atoms with Crippen molar-refractivity contribution in [2.24, 2.45) is 5.92 Å². The van der Waals surface area contributed by atoms with Crippen molar-refractivity contribution >= 4 is 23.6 Å². The Hall–Kier alpha value is -1.56. The molecule has 1 aromatic rings. The van der Waals surface area contributed by atoms with E-state index in [0.717, 1.165) is 18.4 Å². The maximum absolute atomic E-state index is 12.5. The van der Waals surface area contributed by atoms with Crippen LogP contribution in [-0.4, -0.2) is 44.0 Å². The summed E-state index contributed by atoms with van der Waals surface area (Å²) in [5.74, 6) is 0.0602. The molecule has 3 rings (SSSR count). The van der Waals surface area contributed by atoms with Gasteiger partial charge in [0.05, 0.1) is 5.37 Å². The van der Waals surface area contributed by atoms with E-state index in [2.05, 4.69) is 4.98 Å². The fourth-order valence-corrected chi connectivity index (χ4v) is 4.36. The Bertz CT molecular complexity index is 533. The number of carbonyl (C=O) groups is 2. The van der Waals surface area contributed by atoms with Crippen LogP contribution in [0.2, 0.25) is 0 Å². The van der Waals surface area contributed by atoms with Gasteiger partial charge in [0.2, 0.25) is 5.91 Å². The Morgan fingerprint density at radius 3 is 2.86 bits per heavy atom. The SMILES string of the molecule is O=C(O)C1CSC(C2CC2)N1C(=O)CCc1cccnc1. The number of carbonyl (C=O) groups excluding carboxylic acids is 1. The van der Waals surface area contributed by atoms with Gasteiger partial charge >= 0.3 is 5.97 Å². The van der Waals surface area contributed by atoms with Crippen LogP contribution in [0.4, 0.5) is 0 Å². The van der Waals surface area contributed by atoms with Crippen molar-refractivity contribution in [3.8, 4) is 0 Å². The first-order valence-corrected chi connectivity index (χ1v) is 8.26. The summed E-state index contributed by atoms with van der Waals surface area (Å²) in [4.78, 5) is 29.5. The van der Waals surface area contributed by atoms with Crippen LogP contribution < -0.4 is 0 Å². The lowest BCUT2D eigenvalue weighted by Crippen LogP contribution is -2.46. The lowest BCUT2D eigenvalue weighted by Gasteiger charge is -2.27. The Balaban J connectivity index is 1.66. The average Bonchev–Trinajstić information content (AvgIpc) is 3.24. The summed E-state index contributed by atoms with van der Waals surface area (Å²) < 4.78 is 0. The molecule has 1 aliphatic heterocycles. The number of pyridine rings is 1. The van der Waals surface area contributed by atoms with Crippen LogP contribution in [-0.2, 0) is 16.0 Å². The Morgan fingerprint density at radius 2 is 2.24 bits per heavy atom. The van der Waals surface area contributed by atoms with E-state index in [4.69, 9.17) is 0 Å². The molecule has 0 radical (unpaired) electrons. The standard InChI is InChI=1S/C15H18N2O3S/c18-13(6-3-10-2-1-7-16-8-10)17-12(15(19)20)9-21-14(17)11-4-5-11/h1-2,7-8,11-12,14H,3-6,9H2,(H,19,20). The quantitative estimate of drug-likeness (QED) is 0.898. The highest BCUT2D eigenvalue weighted by atomic mass is 32.2. The first-order chi connectivity index (χ1) is 10.2. The minimum absolute atomic E-state index is 0.0480. The Labute approximate surface area is 127 Å². The molecule has 1 amide bonds. The van der Waals surface area contributed by atoms with Crippen LogP contribution in [0.3, 0.4) is 0 Å². The lowest BCUT2D eigenvalue weighted by atomic mass is 10.1. The van der Waals surface area contributed by atoms with Crippen molar-refractivity contribution in [1.29, 1.82) is 0 Å². The van der Waals surface area contributed by atoms with E-state index in [1.54, 1.807) is 29.1 Å². The van der Waals surface area contributed by atoms with E-state index in [9.17, 15) is 14.7 Å². The number of thioether (sulfide) groups is 1. The Kier molecular flexibility index (Phi) is 4.14. The van der Waals surface area contributed by atoms with E-state index < -0.39 is 12.0 Å². The third kappa shape index (κ3) is 3.20. The second-order valence-corrected chi connectivity index (χ2v) is 6.73. The van der Waals surface area contributed by atoms with E-state index in [-0.39, 0.29) is 11.3 Å². The average molecular weight is 306 g/mol. The molecule has 2 unspecified atom stereocenters. The predicted octanol–water partition coefficient (Wildman–Crippen LogP) is 1.78. The number of aliphatic carboxylic acids is 1. The monoisotopic (exact) mass is 306 g/mol. The van der Waals surface area contributed by atoms with Crippen molar-refractivity contribution in [3.63, 3.8) is 0 Å². The van der Waals surface area contributed by atoms with Gasteiger partial charge in [-0.15, -0.1) is 11.8 Å². The molecule has 1 N–H and O–H groups in total. The zero-order valence-corrected chi connectivity index (χ0v) is 12.5. The molecule has 2 atom stereocenters. The van der Waals surface area contributed by atoms with Gasteiger partial charge in [0.1, 0.15) is 6.04 Å². The molecule has 1 saturated carbocycles. The highest BCUT2D eigenvalue weighted by Crippen LogP contribution is 2.45. The van der Waals surface area contributed by atoms with E-state index in [0.29, 0.717) is 24.5 Å². The van der Waals surface area contributed by atoms with Crippen LogP contribution in [0.1, 0.15) is 24.8 Å². The number of rotatable bonds is 5. The number of amides is 1. The molecule has 2 aliphatic rings. The minimum atomic E-state index is -0.889. The third-order valence-corrected chi connectivity index (χ3v) is 5.45. The molecule has 0 bridgehead atoms. The van der Waals surface area contributed by atoms with Gasteiger partial charge in [-0.1, -0.05) is 6.07 Å². The topological polar surface area (TPSA) is 70.5 Å². The number of hydrogen-bond donors (Lipinski definition) is 1. The van der Waals surface area contributed by atoms with Crippen molar-refractivity contribution in [1.82, 2.24) is 9.88 Å². The number of nitrogens with zero attached hydrogens (tertiary/aromatic N) is 2. The lowest BCUT2D eigenvalue weighted by molar-refractivity contribution is -0.149. The summed E-state index contributed by atoms with van der Waals surface area (Å²) in [6.45, 7) is 0. The molecule has 0 spiro atoms. The smallest absolute Gasteiger partial charge is 0.327 e. The second kappa shape index (κ2) is 6.05. The van der Waals surface area contributed by atoms with Gasteiger partial charge in [0, 0.05) is 24.6 Å². The number of aryl methyl sites for hydroxylation is 1. The van der Waals surface area contributed by atoms with Gasteiger partial charge < -0.3 is 10.0 Å². The van der Waals surface area contributed by atoms with E-state index in [1.807, 2.05) is 12.1 Å². The van der Waals surface area contributed by atoms with Gasteiger partial charge in [0.15, 0.2) is 0 Å². The molecular weight excluding hydrogens is 288 g/mol. The van der Waals surface area contributed by atoms with Gasteiger partial charge in [0.25, 0.3) is 0 Å². The first-order valence-electron chi connectivity index (χ1n) is 7.21. The number of aromatic nitrogens is 1. The van der Waals surface area contributed by atoms with Crippen LogP contribution >= 0.6 is 11.8 Å². The summed E-state index contributed by atoms with van der Waals surface area (Å²) in [5.41, 5.74) is 1.01. The Morgan fingerprint density at radius 1 is 1.43 bits per heavy atom. The molecule has 1 saturated heterocycles. The maximum atomic E-state index is 12.5. The van der Waals surface area contributed by atoms with Gasteiger partial charge in [-0.05, 0) is 36.8 Å². The molecule has 21 heavy (non-hydrogen) atoms. The molecule has 1 aromatic heterocycles. The first kappa shape index (κ1) is 14.4. The molecule has 112 valence electrons. The van der Waals surface area contributed by atoms with Crippen LogP contribution in [0.25, 0.3) is 0 Å². The number of carboxylic acids is 1. The molecule has 6 heteroatoms. The number of hydrogen-bond acceptors (Lipinski definition) is 4. The van der Waals surface area contributed by atoms with Crippen LogP contribution in [0.15, 0.2) is 24.5 Å². The summed E-state index contributed by atoms with van der Waals surface area (Å²) in [6.07, 6.45) is 6.62. The van der Waals surface area contributed by atoms with Gasteiger partial charge in [-0.3, -0.25) is 9.78 Å². The van der Waals surface area contributed by atoms with Crippen molar-refractivity contribution in [2.45, 2.75) is 37.1 Å². The summed E-state index contributed by atoms with van der Waals surface area (Å²) in [7, 11) is 0. The maximum Gasteiger partial charge on any atom is 0.327 e.